The average molecular weight is 332 g/mol. The standard InChI is InChI=1S/C16H21FN6O/c1-4-11-14(17)15(19-9-18-11)23-6-5-10(8-23)12-7-13(24)21-16(20-12)22(2)3/h7,9-10H,4-6,8H2,1-3H3,(H,20,21,24). The van der Waals surface area contributed by atoms with Crippen LogP contribution in [-0.4, -0.2) is 47.1 Å². The molecule has 7 nitrogen and oxygen atoms in total. The molecule has 0 aliphatic carbocycles. The minimum atomic E-state index is -0.353. The minimum absolute atomic E-state index is 0.0745. The van der Waals surface area contributed by atoms with Gasteiger partial charge >= 0.3 is 0 Å². The van der Waals surface area contributed by atoms with Crippen molar-refractivity contribution in [3.63, 3.8) is 0 Å². The quantitative estimate of drug-likeness (QED) is 0.910. The molecule has 0 radical (unpaired) electrons. The first kappa shape index (κ1) is 16.4. The summed E-state index contributed by atoms with van der Waals surface area (Å²) in [6.45, 7) is 3.12. The molecular weight excluding hydrogens is 311 g/mol. The van der Waals surface area contributed by atoms with Crippen molar-refractivity contribution in [2.24, 2.45) is 0 Å². The van der Waals surface area contributed by atoms with Crippen molar-refractivity contribution in [2.45, 2.75) is 25.7 Å². The van der Waals surface area contributed by atoms with Gasteiger partial charge in [0.1, 0.15) is 6.33 Å². The molecule has 3 heterocycles. The normalized spacial score (nSPS) is 17.3. The average Bonchev–Trinajstić information content (AvgIpc) is 3.04. The summed E-state index contributed by atoms with van der Waals surface area (Å²) in [6, 6.07) is 1.52. The highest BCUT2D eigenvalue weighted by Gasteiger charge is 2.29. The molecule has 8 heteroatoms. The summed E-state index contributed by atoms with van der Waals surface area (Å²) in [4.78, 5) is 30.8. The van der Waals surface area contributed by atoms with Crippen molar-refractivity contribution in [3.8, 4) is 0 Å². The molecule has 0 saturated carbocycles. The fourth-order valence-corrected chi connectivity index (χ4v) is 2.94. The molecule has 0 spiro atoms. The topological polar surface area (TPSA) is 78.0 Å². The van der Waals surface area contributed by atoms with E-state index in [1.807, 2.05) is 25.9 Å². The molecule has 0 amide bonds. The Balaban J connectivity index is 1.85. The Morgan fingerprint density at radius 1 is 1.42 bits per heavy atom. The SMILES string of the molecule is CCc1ncnc(N2CCC(c3cc(=O)[nH]c(N(C)C)n3)C2)c1F. The second-order valence-electron chi connectivity index (χ2n) is 6.13. The maximum absolute atomic E-state index is 14.4. The van der Waals surface area contributed by atoms with Gasteiger partial charge < -0.3 is 9.80 Å². The minimum Gasteiger partial charge on any atom is -0.353 e. The van der Waals surface area contributed by atoms with Gasteiger partial charge in [0, 0.05) is 39.2 Å². The van der Waals surface area contributed by atoms with E-state index in [1.54, 1.807) is 4.90 Å². The molecule has 1 saturated heterocycles. The Bertz CT molecular complexity index is 790. The van der Waals surface area contributed by atoms with Crippen LogP contribution in [0.15, 0.2) is 17.2 Å². The number of aromatic nitrogens is 4. The van der Waals surface area contributed by atoms with E-state index >= 15 is 0 Å². The summed E-state index contributed by atoms with van der Waals surface area (Å²) < 4.78 is 14.4. The second kappa shape index (κ2) is 6.54. The number of hydrogen-bond donors (Lipinski definition) is 1. The first-order valence-electron chi connectivity index (χ1n) is 8.02. The summed E-state index contributed by atoms with van der Waals surface area (Å²) in [5, 5.41) is 0. The predicted molar refractivity (Wildman–Crippen MR) is 90.1 cm³/mol. The number of anilines is 2. The highest BCUT2D eigenvalue weighted by Crippen LogP contribution is 2.30. The molecule has 128 valence electrons. The summed E-state index contributed by atoms with van der Waals surface area (Å²) in [5.41, 5.74) is 0.978. The summed E-state index contributed by atoms with van der Waals surface area (Å²) in [5.74, 6) is 0.582. The van der Waals surface area contributed by atoms with Gasteiger partial charge in [-0.1, -0.05) is 6.92 Å². The van der Waals surface area contributed by atoms with Crippen molar-refractivity contribution >= 4 is 11.8 Å². The number of nitrogens with zero attached hydrogens (tertiary/aromatic N) is 5. The smallest absolute Gasteiger partial charge is 0.252 e. The van der Waals surface area contributed by atoms with Gasteiger partial charge in [-0.2, -0.15) is 0 Å². The van der Waals surface area contributed by atoms with Crippen LogP contribution in [0.1, 0.15) is 30.7 Å². The van der Waals surface area contributed by atoms with Crippen molar-refractivity contribution in [1.82, 2.24) is 19.9 Å². The van der Waals surface area contributed by atoms with Crippen LogP contribution in [0.2, 0.25) is 0 Å². The van der Waals surface area contributed by atoms with Crippen LogP contribution in [0, 0.1) is 5.82 Å². The molecule has 1 aliphatic rings. The molecule has 1 fully saturated rings. The molecule has 2 aromatic heterocycles. The maximum atomic E-state index is 14.4. The van der Waals surface area contributed by atoms with Gasteiger partial charge in [-0.3, -0.25) is 9.78 Å². The first-order valence-corrected chi connectivity index (χ1v) is 8.02. The summed E-state index contributed by atoms with van der Waals surface area (Å²) in [6.07, 6.45) is 2.73. The zero-order valence-electron chi connectivity index (χ0n) is 14.1. The van der Waals surface area contributed by atoms with Gasteiger partial charge in [0.2, 0.25) is 5.95 Å². The van der Waals surface area contributed by atoms with Crippen molar-refractivity contribution in [3.05, 3.63) is 40.0 Å². The zero-order valence-corrected chi connectivity index (χ0v) is 14.1. The molecule has 24 heavy (non-hydrogen) atoms. The van der Waals surface area contributed by atoms with Crippen LogP contribution >= 0.6 is 0 Å². The fourth-order valence-electron chi connectivity index (χ4n) is 2.94. The fraction of sp³-hybridized carbons (Fsp3) is 0.500. The van der Waals surface area contributed by atoms with Gasteiger partial charge in [0.15, 0.2) is 11.6 Å². The Morgan fingerprint density at radius 2 is 2.21 bits per heavy atom. The molecule has 1 atom stereocenters. The number of halogens is 1. The number of H-pyrrole nitrogens is 1. The van der Waals surface area contributed by atoms with E-state index in [4.69, 9.17) is 0 Å². The Hall–Kier alpha value is -2.51. The van der Waals surface area contributed by atoms with E-state index in [0.29, 0.717) is 37.0 Å². The second-order valence-corrected chi connectivity index (χ2v) is 6.13. The van der Waals surface area contributed by atoms with Crippen LogP contribution in [-0.2, 0) is 6.42 Å². The Labute approximate surface area is 139 Å². The van der Waals surface area contributed by atoms with E-state index in [9.17, 15) is 9.18 Å². The molecule has 0 aromatic carbocycles. The summed E-state index contributed by atoms with van der Waals surface area (Å²) >= 11 is 0. The van der Waals surface area contributed by atoms with E-state index in [0.717, 1.165) is 12.1 Å². The lowest BCUT2D eigenvalue weighted by molar-refractivity contribution is 0.588. The van der Waals surface area contributed by atoms with Gasteiger partial charge in [0.25, 0.3) is 5.56 Å². The number of hydrogen-bond acceptors (Lipinski definition) is 6. The molecular formula is C16H21FN6O. The van der Waals surface area contributed by atoms with Crippen molar-refractivity contribution < 1.29 is 4.39 Å². The van der Waals surface area contributed by atoms with Crippen LogP contribution in [0.3, 0.4) is 0 Å². The third-order valence-corrected chi connectivity index (χ3v) is 4.26. The lowest BCUT2D eigenvalue weighted by Crippen LogP contribution is -2.24. The zero-order chi connectivity index (χ0) is 17.3. The Kier molecular flexibility index (Phi) is 4.46. The highest BCUT2D eigenvalue weighted by molar-refractivity contribution is 5.43. The largest absolute Gasteiger partial charge is 0.353 e. The number of aryl methyl sites for hydroxylation is 1. The van der Waals surface area contributed by atoms with Crippen LogP contribution < -0.4 is 15.4 Å². The molecule has 1 unspecified atom stereocenters. The number of aromatic amines is 1. The lowest BCUT2D eigenvalue weighted by Gasteiger charge is -2.19. The number of rotatable bonds is 4. The van der Waals surface area contributed by atoms with Gasteiger partial charge in [0.05, 0.1) is 11.4 Å². The highest BCUT2D eigenvalue weighted by atomic mass is 19.1. The predicted octanol–water partition coefficient (Wildman–Crippen LogP) is 1.32. The molecule has 3 rings (SSSR count). The van der Waals surface area contributed by atoms with E-state index in [1.165, 1.54) is 12.4 Å². The third-order valence-electron chi connectivity index (χ3n) is 4.26. The van der Waals surface area contributed by atoms with Crippen LogP contribution in [0.4, 0.5) is 16.2 Å². The molecule has 0 bridgehead atoms. The Morgan fingerprint density at radius 3 is 2.92 bits per heavy atom. The monoisotopic (exact) mass is 332 g/mol. The lowest BCUT2D eigenvalue weighted by atomic mass is 10.1. The van der Waals surface area contributed by atoms with Crippen LogP contribution in [0.25, 0.3) is 0 Å². The van der Waals surface area contributed by atoms with E-state index < -0.39 is 0 Å². The number of nitrogens with one attached hydrogen (secondary N) is 1. The third kappa shape index (κ3) is 3.08. The first-order chi connectivity index (χ1) is 11.5. The maximum Gasteiger partial charge on any atom is 0.252 e. The van der Waals surface area contributed by atoms with Gasteiger partial charge in [-0.15, -0.1) is 0 Å². The molecule has 1 aliphatic heterocycles. The summed E-state index contributed by atoms with van der Waals surface area (Å²) in [7, 11) is 3.65. The molecule has 2 aromatic rings. The van der Waals surface area contributed by atoms with Crippen LogP contribution in [0.5, 0.6) is 0 Å². The molecule has 1 N–H and O–H groups in total. The van der Waals surface area contributed by atoms with Gasteiger partial charge in [-0.25, -0.2) is 19.3 Å². The van der Waals surface area contributed by atoms with E-state index in [-0.39, 0.29) is 17.3 Å². The van der Waals surface area contributed by atoms with Crippen molar-refractivity contribution in [2.75, 3.05) is 37.0 Å². The van der Waals surface area contributed by atoms with Gasteiger partial charge in [-0.05, 0) is 12.8 Å². The van der Waals surface area contributed by atoms with Crippen molar-refractivity contribution in [1.29, 1.82) is 0 Å². The van der Waals surface area contributed by atoms with E-state index in [2.05, 4.69) is 19.9 Å².